The van der Waals surface area contributed by atoms with Crippen LogP contribution >= 0.6 is 27.7 Å². The van der Waals surface area contributed by atoms with Crippen LogP contribution in [0.1, 0.15) is 15.9 Å². The van der Waals surface area contributed by atoms with Crippen LogP contribution in [0, 0.1) is 6.92 Å². The molecule has 5 nitrogen and oxygen atoms in total. The van der Waals surface area contributed by atoms with E-state index < -0.39 is 0 Å². The number of carbonyl (C=O) groups excluding carboxylic acids is 1. The van der Waals surface area contributed by atoms with E-state index in [1.54, 1.807) is 24.5 Å². The molecule has 3 aromatic rings. The zero-order valence-electron chi connectivity index (χ0n) is 13.6. The molecule has 25 heavy (non-hydrogen) atoms. The summed E-state index contributed by atoms with van der Waals surface area (Å²) in [5, 5.41) is 7.83. The van der Waals surface area contributed by atoms with Crippen molar-refractivity contribution < 1.29 is 4.79 Å². The molecule has 0 bridgehead atoms. The summed E-state index contributed by atoms with van der Waals surface area (Å²) in [4.78, 5) is 17.9. The summed E-state index contributed by atoms with van der Waals surface area (Å²) < 4.78 is 2.83. The first-order valence-electron chi connectivity index (χ1n) is 7.77. The molecule has 0 saturated carbocycles. The molecule has 0 fully saturated rings. The molecule has 0 atom stereocenters. The van der Waals surface area contributed by atoms with Crippen molar-refractivity contribution in [1.29, 1.82) is 0 Å². The van der Waals surface area contributed by atoms with E-state index in [-0.39, 0.29) is 5.91 Å². The molecule has 2 heterocycles. The predicted octanol–water partition coefficient (Wildman–Crippen LogP) is 3.93. The van der Waals surface area contributed by atoms with E-state index in [1.807, 2.05) is 42.1 Å². The van der Waals surface area contributed by atoms with Gasteiger partial charge in [0.05, 0.1) is 18.3 Å². The standard InChI is InChI=1S/C18H17BrN4OS/c1-13-11-22-23(12-13)10-9-20-17(24)16-3-2-8-21-18(16)25-15-6-4-14(19)5-7-15/h2-8,11-12H,9-10H2,1H3,(H,20,24). The molecule has 7 heteroatoms. The van der Waals surface area contributed by atoms with E-state index >= 15 is 0 Å². The molecule has 0 radical (unpaired) electrons. The van der Waals surface area contributed by atoms with Crippen molar-refractivity contribution in [1.82, 2.24) is 20.1 Å². The van der Waals surface area contributed by atoms with Gasteiger partial charge in [-0.25, -0.2) is 4.98 Å². The first-order valence-corrected chi connectivity index (χ1v) is 9.38. The first kappa shape index (κ1) is 17.7. The van der Waals surface area contributed by atoms with Gasteiger partial charge in [0.1, 0.15) is 5.03 Å². The second-order valence-corrected chi connectivity index (χ2v) is 7.43. The zero-order valence-corrected chi connectivity index (χ0v) is 16.0. The minimum atomic E-state index is -0.128. The van der Waals surface area contributed by atoms with Gasteiger partial charge < -0.3 is 5.32 Å². The monoisotopic (exact) mass is 416 g/mol. The minimum absolute atomic E-state index is 0.128. The number of hydrogen-bond acceptors (Lipinski definition) is 4. The van der Waals surface area contributed by atoms with Gasteiger partial charge in [0.15, 0.2) is 0 Å². The van der Waals surface area contributed by atoms with Crippen molar-refractivity contribution >= 4 is 33.6 Å². The maximum absolute atomic E-state index is 12.5. The third kappa shape index (κ3) is 4.93. The molecular weight excluding hydrogens is 400 g/mol. The maximum atomic E-state index is 12.5. The van der Waals surface area contributed by atoms with E-state index in [4.69, 9.17) is 0 Å². The van der Waals surface area contributed by atoms with Crippen molar-refractivity contribution in [3.8, 4) is 0 Å². The van der Waals surface area contributed by atoms with Crippen LogP contribution in [0.3, 0.4) is 0 Å². The number of halogens is 1. The van der Waals surface area contributed by atoms with Gasteiger partial charge in [-0.1, -0.05) is 27.7 Å². The lowest BCUT2D eigenvalue weighted by Crippen LogP contribution is -2.28. The Morgan fingerprint density at radius 2 is 2.08 bits per heavy atom. The summed E-state index contributed by atoms with van der Waals surface area (Å²) >= 11 is 4.90. The van der Waals surface area contributed by atoms with E-state index in [2.05, 4.69) is 31.3 Å². The molecule has 0 saturated heterocycles. The normalized spacial score (nSPS) is 10.6. The van der Waals surface area contributed by atoms with Crippen LogP contribution in [-0.2, 0) is 6.54 Å². The molecule has 0 aliphatic rings. The predicted molar refractivity (Wildman–Crippen MR) is 102 cm³/mol. The zero-order chi connectivity index (χ0) is 17.6. The highest BCUT2D eigenvalue weighted by molar-refractivity contribution is 9.10. The molecule has 0 aliphatic carbocycles. The third-order valence-electron chi connectivity index (χ3n) is 3.43. The topological polar surface area (TPSA) is 59.8 Å². The number of aromatic nitrogens is 3. The molecule has 2 aromatic heterocycles. The molecule has 3 rings (SSSR count). The van der Waals surface area contributed by atoms with Crippen molar-refractivity contribution in [3.63, 3.8) is 0 Å². The molecule has 1 N–H and O–H groups in total. The average Bonchev–Trinajstić information content (AvgIpc) is 3.02. The quantitative estimate of drug-likeness (QED) is 0.660. The van der Waals surface area contributed by atoms with Crippen molar-refractivity contribution in [2.24, 2.45) is 0 Å². The van der Waals surface area contributed by atoms with Gasteiger partial charge in [0.25, 0.3) is 5.91 Å². The number of rotatable bonds is 6. The minimum Gasteiger partial charge on any atom is -0.350 e. The lowest BCUT2D eigenvalue weighted by Gasteiger charge is -2.09. The maximum Gasteiger partial charge on any atom is 0.254 e. The van der Waals surface area contributed by atoms with Crippen LogP contribution in [0.15, 0.2) is 69.4 Å². The summed E-state index contributed by atoms with van der Waals surface area (Å²) in [6.45, 7) is 3.13. The summed E-state index contributed by atoms with van der Waals surface area (Å²) in [6.07, 6.45) is 5.45. The van der Waals surface area contributed by atoms with Gasteiger partial charge in [0.2, 0.25) is 0 Å². The SMILES string of the molecule is Cc1cnn(CCNC(=O)c2cccnc2Sc2ccc(Br)cc2)c1. The van der Waals surface area contributed by atoms with Gasteiger partial charge in [-0.05, 0) is 48.9 Å². The average molecular weight is 417 g/mol. The fourth-order valence-corrected chi connectivity index (χ4v) is 3.37. The van der Waals surface area contributed by atoms with E-state index in [0.29, 0.717) is 23.7 Å². The molecule has 0 unspecified atom stereocenters. The first-order chi connectivity index (χ1) is 12.1. The van der Waals surface area contributed by atoms with Gasteiger partial charge in [0, 0.05) is 28.3 Å². The Labute approximate surface area is 159 Å². The van der Waals surface area contributed by atoms with Crippen molar-refractivity contribution in [2.45, 2.75) is 23.4 Å². The molecule has 0 spiro atoms. The van der Waals surface area contributed by atoms with Crippen LogP contribution in [0.5, 0.6) is 0 Å². The van der Waals surface area contributed by atoms with Crippen LogP contribution in [0.2, 0.25) is 0 Å². The Balaban J connectivity index is 1.64. The fourth-order valence-electron chi connectivity index (χ4n) is 2.23. The number of nitrogens with zero attached hydrogens (tertiary/aromatic N) is 3. The Bertz CT molecular complexity index is 864. The highest BCUT2D eigenvalue weighted by Crippen LogP contribution is 2.29. The second kappa shape index (κ2) is 8.31. The summed E-state index contributed by atoms with van der Waals surface area (Å²) in [5.74, 6) is -0.128. The highest BCUT2D eigenvalue weighted by atomic mass is 79.9. The van der Waals surface area contributed by atoms with Gasteiger partial charge in [-0.15, -0.1) is 0 Å². The largest absolute Gasteiger partial charge is 0.350 e. The van der Waals surface area contributed by atoms with Crippen LogP contribution in [0.4, 0.5) is 0 Å². The molecule has 1 aromatic carbocycles. The number of aryl methyl sites for hydroxylation is 1. The molecular formula is C18H17BrN4OS. The smallest absolute Gasteiger partial charge is 0.254 e. The van der Waals surface area contributed by atoms with Crippen LogP contribution in [-0.4, -0.2) is 27.2 Å². The van der Waals surface area contributed by atoms with E-state index in [1.165, 1.54) is 11.8 Å². The molecule has 1 amide bonds. The number of hydrogen-bond donors (Lipinski definition) is 1. The molecule has 0 aliphatic heterocycles. The van der Waals surface area contributed by atoms with E-state index in [9.17, 15) is 4.79 Å². The fraction of sp³-hybridized carbons (Fsp3) is 0.167. The number of amides is 1. The van der Waals surface area contributed by atoms with Crippen LogP contribution < -0.4 is 5.32 Å². The summed E-state index contributed by atoms with van der Waals surface area (Å²) in [6, 6.07) is 11.5. The Hall–Kier alpha value is -2.12. The third-order valence-corrected chi connectivity index (χ3v) is 4.99. The van der Waals surface area contributed by atoms with Crippen LogP contribution in [0.25, 0.3) is 0 Å². The Morgan fingerprint density at radius 1 is 1.28 bits per heavy atom. The number of benzene rings is 1. The number of nitrogens with one attached hydrogen (secondary N) is 1. The van der Waals surface area contributed by atoms with Gasteiger partial charge >= 0.3 is 0 Å². The number of carbonyl (C=O) groups is 1. The number of pyridine rings is 1. The Kier molecular flexibility index (Phi) is 5.88. The van der Waals surface area contributed by atoms with E-state index in [0.717, 1.165) is 14.9 Å². The van der Waals surface area contributed by atoms with Crippen molar-refractivity contribution in [3.05, 3.63) is 70.6 Å². The van der Waals surface area contributed by atoms with Gasteiger partial charge in [-0.3, -0.25) is 9.48 Å². The summed E-state index contributed by atoms with van der Waals surface area (Å²) in [5.41, 5.74) is 1.68. The lowest BCUT2D eigenvalue weighted by atomic mass is 10.2. The summed E-state index contributed by atoms with van der Waals surface area (Å²) in [7, 11) is 0. The van der Waals surface area contributed by atoms with Gasteiger partial charge in [-0.2, -0.15) is 5.10 Å². The lowest BCUT2D eigenvalue weighted by molar-refractivity contribution is 0.0948. The van der Waals surface area contributed by atoms with Crippen molar-refractivity contribution in [2.75, 3.05) is 6.54 Å². The Morgan fingerprint density at radius 3 is 2.80 bits per heavy atom. The second-order valence-electron chi connectivity index (χ2n) is 5.45. The highest BCUT2D eigenvalue weighted by Gasteiger charge is 2.13. The molecule has 128 valence electrons.